The molecule has 0 radical (unpaired) electrons. The Bertz CT molecular complexity index is 338. The second-order valence-corrected chi connectivity index (χ2v) is 4.24. The molecular weight excluding hydrogens is 257 g/mol. The van der Waals surface area contributed by atoms with Crippen LogP contribution in [0, 0.1) is 5.82 Å². The maximum atomic E-state index is 13.0. The average molecular weight is 272 g/mol. The minimum atomic E-state index is -0.225. The van der Waals surface area contributed by atoms with Gasteiger partial charge in [-0.2, -0.15) is 0 Å². The first-order valence-corrected chi connectivity index (χ1v) is 5.71. The molecule has 0 aliphatic heterocycles. The van der Waals surface area contributed by atoms with Crippen molar-refractivity contribution in [1.29, 1.82) is 0 Å². The highest BCUT2D eigenvalue weighted by Gasteiger charge is 2.09. The highest BCUT2D eigenvalue weighted by atomic mass is 79.9. The van der Waals surface area contributed by atoms with Gasteiger partial charge in [-0.25, -0.2) is 4.39 Å². The van der Waals surface area contributed by atoms with E-state index in [2.05, 4.69) is 27.8 Å². The van der Waals surface area contributed by atoms with Crippen LogP contribution in [0.3, 0.4) is 0 Å². The zero-order chi connectivity index (χ0) is 11.3. The number of rotatable bonds is 5. The molecule has 1 rings (SSSR count). The fourth-order valence-electron chi connectivity index (χ4n) is 1.49. The van der Waals surface area contributed by atoms with Gasteiger partial charge in [-0.1, -0.05) is 12.1 Å². The number of hydrogen-bond acceptors (Lipinski definition) is 1. The van der Waals surface area contributed by atoms with Crippen LogP contribution in [0.15, 0.2) is 35.3 Å². The van der Waals surface area contributed by atoms with Crippen LogP contribution in [0.1, 0.15) is 24.4 Å². The molecule has 0 aliphatic rings. The Morgan fingerprint density at radius 2 is 2.33 bits per heavy atom. The molecule has 0 heterocycles. The van der Waals surface area contributed by atoms with Crippen LogP contribution in [0.5, 0.6) is 0 Å². The van der Waals surface area contributed by atoms with Gasteiger partial charge in [0.25, 0.3) is 0 Å². The van der Waals surface area contributed by atoms with Crippen molar-refractivity contribution in [1.82, 2.24) is 5.32 Å². The van der Waals surface area contributed by atoms with Gasteiger partial charge in [0.15, 0.2) is 0 Å². The van der Waals surface area contributed by atoms with Crippen LogP contribution in [-0.2, 0) is 0 Å². The fourth-order valence-corrected chi connectivity index (χ4v) is 1.89. The SMILES string of the molecule is C=CCCC(NC)c1ccc(F)c(Br)c1. The zero-order valence-corrected chi connectivity index (χ0v) is 10.3. The third kappa shape index (κ3) is 3.43. The van der Waals surface area contributed by atoms with Gasteiger partial charge < -0.3 is 5.32 Å². The topological polar surface area (TPSA) is 12.0 Å². The van der Waals surface area contributed by atoms with Gasteiger partial charge in [0.2, 0.25) is 0 Å². The monoisotopic (exact) mass is 271 g/mol. The van der Waals surface area contributed by atoms with E-state index in [4.69, 9.17) is 0 Å². The molecule has 0 aliphatic carbocycles. The first-order valence-electron chi connectivity index (χ1n) is 4.92. The Balaban J connectivity index is 2.82. The third-order valence-corrected chi connectivity index (χ3v) is 2.96. The summed E-state index contributed by atoms with van der Waals surface area (Å²) >= 11 is 3.19. The molecule has 82 valence electrons. The summed E-state index contributed by atoms with van der Waals surface area (Å²) in [7, 11) is 1.91. The van der Waals surface area contributed by atoms with E-state index in [1.54, 1.807) is 0 Å². The molecule has 0 fully saturated rings. The van der Waals surface area contributed by atoms with Gasteiger partial charge in [-0.05, 0) is 53.5 Å². The lowest BCUT2D eigenvalue weighted by Crippen LogP contribution is -2.16. The number of allylic oxidation sites excluding steroid dienone is 1. The van der Waals surface area contributed by atoms with Crippen LogP contribution in [-0.4, -0.2) is 7.05 Å². The minimum absolute atomic E-state index is 0.225. The van der Waals surface area contributed by atoms with E-state index in [0.717, 1.165) is 18.4 Å². The summed E-state index contributed by atoms with van der Waals surface area (Å²) in [6.45, 7) is 3.70. The molecule has 0 bridgehead atoms. The summed E-state index contributed by atoms with van der Waals surface area (Å²) in [5, 5.41) is 3.21. The normalized spacial score (nSPS) is 12.5. The second kappa shape index (κ2) is 6.03. The molecule has 0 amide bonds. The van der Waals surface area contributed by atoms with Crippen LogP contribution < -0.4 is 5.32 Å². The molecule has 1 unspecified atom stereocenters. The van der Waals surface area contributed by atoms with Gasteiger partial charge in [0.05, 0.1) is 4.47 Å². The largest absolute Gasteiger partial charge is 0.313 e. The standard InChI is InChI=1S/C12H15BrFN/c1-3-4-5-12(15-2)9-6-7-11(14)10(13)8-9/h3,6-8,12,15H,1,4-5H2,2H3. The minimum Gasteiger partial charge on any atom is -0.313 e. The van der Waals surface area contributed by atoms with Gasteiger partial charge in [-0.3, -0.25) is 0 Å². The third-order valence-electron chi connectivity index (χ3n) is 2.35. The molecule has 1 N–H and O–H groups in total. The Kier molecular flexibility index (Phi) is 4.99. The van der Waals surface area contributed by atoms with Gasteiger partial charge in [-0.15, -0.1) is 6.58 Å². The molecule has 1 aromatic carbocycles. The number of benzene rings is 1. The lowest BCUT2D eigenvalue weighted by atomic mass is 10.0. The zero-order valence-electron chi connectivity index (χ0n) is 8.76. The molecule has 0 aromatic heterocycles. The molecule has 0 saturated heterocycles. The molecular formula is C12H15BrFN. The molecule has 0 spiro atoms. The highest BCUT2D eigenvalue weighted by molar-refractivity contribution is 9.10. The summed E-state index contributed by atoms with van der Waals surface area (Å²) in [4.78, 5) is 0. The predicted octanol–water partition coefficient (Wildman–Crippen LogP) is 3.81. The van der Waals surface area contributed by atoms with E-state index in [-0.39, 0.29) is 11.9 Å². The molecule has 0 saturated carbocycles. The van der Waals surface area contributed by atoms with Gasteiger partial charge in [0, 0.05) is 6.04 Å². The van der Waals surface area contributed by atoms with E-state index in [1.165, 1.54) is 6.07 Å². The smallest absolute Gasteiger partial charge is 0.137 e. The van der Waals surface area contributed by atoms with E-state index in [9.17, 15) is 4.39 Å². The van der Waals surface area contributed by atoms with E-state index < -0.39 is 0 Å². The maximum Gasteiger partial charge on any atom is 0.137 e. The van der Waals surface area contributed by atoms with E-state index in [0.29, 0.717) is 4.47 Å². The summed E-state index contributed by atoms with van der Waals surface area (Å²) < 4.78 is 13.5. The summed E-state index contributed by atoms with van der Waals surface area (Å²) in [5.74, 6) is -0.225. The van der Waals surface area contributed by atoms with Crippen LogP contribution in [0.25, 0.3) is 0 Å². The molecule has 1 aromatic rings. The first-order chi connectivity index (χ1) is 7.19. The Hall–Kier alpha value is -0.670. The van der Waals surface area contributed by atoms with Crippen molar-refractivity contribution < 1.29 is 4.39 Å². The average Bonchev–Trinajstić information content (AvgIpc) is 2.24. The number of halogens is 2. The maximum absolute atomic E-state index is 13.0. The molecule has 3 heteroatoms. The number of nitrogens with one attached hydrogen (secondary N) is 1. The Morgan fingerprint density at radius 3 is 2.87 bits per heavy atom. The fraction of sp³-hybridized carbons (Fsp3) is 0.333. The van der Waals surface area contributed by atoms with Crippen LogP contribution >= 0.6 is 15.9 Å². The summed E-state index contributed by atoms with van der Waals surface area (Å²) in [5.41, 5.74) is 1.09. The summed E-state index contributed by atoms with van der Waals surface area (Å²) in [6.07, 6.45) is 3.81. The van der Waals surface area contributed by atoms with Gasteiger partial charge >= 0.3 is 0 Å². The van der Waals surface area contributed by atoms with E-state index >= 15 is 0 Å². The van der Waals surface area contributed by atoms with Crippen molar-refractivity contribution in [3.8, 4) is 0 Å². The van der Waals surface area contributed by atoms with Crippen molar-refractivity contribution in [3.05, 3.63) is 46.7 Å². The lowest BCUT2D eigenvalue weighted by Gasteiger charge is -2.16. The quantitative estimate of drug-likeness (QED) is 0.803. The van der Waals surface area contributed by atoms with Crippen molar-refractivity contribution in [3.63, 3.8) is 0 Å². The van der Waals surface area contributed by atoms with Crippen LogP contribution in [0.4, 0.5) is 4.39 Å². The summed E-state index contributed by atoms with van der Waals surface area (Å²) in [6, 6.07) is 5.36. The van der Waals surface area contributed by atoms with Crippen molar-refractivity contribution >= 4 is 15.9 Å². The molecule has 1 nitrogen and oxygen atoms in total. The molecule has 15 heavy (non-hydrogen) atoms. The van der Waals surface area contributed by atoms with Crippen molar-refractivity contribution in [2.24, 2.45) is 0 Å². The Labute approximate surface area is 98.5 Å². The number of hydrogen-bond donors (Lipinski definition) is 1. The van der Waals surface area contributed by atoms with Gasteiger partial charge in [0.1, 0.15) is 5.82 Å². The van der Waals surface area contributed by atoms with Crippen molar-refractivity contribution in [2.45, 2.75) is 18.9 Å². The van der Waals surface area contributed by atoms with Crippen LogP contribution in [0.2, 0.25) is 0 Å². The predicted molar refractivity (Wildman–Crippen MR) is 65.3 cm³/mol. The van der Waals surface area contributed by atoms with Crippen molar-refractivity contribution in [2.75, 3.05) is 7.05 Å². The second-order valence-electron chi connectivity index (χ2n) is 3.38. The highest BCUT2D eigenvalue weighted by Crippen LogP contribution is 2.23. The molecule has 1 atom stereocenters. The first kappa shape index (κ1) is 12.4. The Morgan fingerprint density at radius 1 is 1.60 bits per heavy atom. The lowest BCUT2D eigenvalue weighted by molar-refractivity contribution is 0.551. The van der Waals surface area contributed by atoms with E-state index in [1.807, 2.05) is 25.3 Å².